The van der Waals surface area contributed by atoms with E-state index in [-0.39, 0.29) is 11.9 Å². The molecule has 1 aliphatic heterocycles. The first-order valence-electron chi connectivity index (χ1n) is 10.1. The summed E-state index contributed by atoms with van der Waals surface area (Å²) in [5, 5.41) is 1.13. The lowest BCUT2D eigenvalue weighted by Crippen LogP contribution is -2.31. The van der Waals surface area contributed by atoms with Crippen LogP contribution in [0.4, 0.5) is 0 Å². The van der Waals surface area contributed by atoms with Gasteiger partial charge in [0.25, 0.3) is 5.91 Å². The predicted molar refractivity (Wildman–Crippen MR) is 113 cm³/mol. The fraction of sp³-hybridized carbons (Fsp3) is 0.304. The standard InChI is InChI=1S/C23H24N4O2/c1-29-14-13-26-12-10-16-8-9-17(15-21(16)26)23(28)27-11-4-7-20(27)22-24-18-5-2-3-6-19(18)25-22/h2-3,5-6,8-10,12,15,20H,4,7,11,13-14H2,1H3,(H,24,25)/t20-/m0/s1. The lowest BCUT2D eigenvalue weighted by Gasteiger charge is -2.23. The lowest BCUT2D eigenvalue weighted by molar-refractivity contribution is 0.0730. The largest absolute Gasteiger partial charge is 0.383 e. The van der Waals surface area contributed by atoms with Crippen LogP contribution in [0.2, 0.25) is 0 Å². The maximum absolute atomic E-state index is 13.4. The third kappa shape index (κ3) is 3.19. The van der Waals surface area contributed by atoms with Gasteiger partial charge in [-0.1, -0.05) is 18.2 Å². The van der Waals surface area contributed by atoms with E-state index in [1.54, 1.807) is 7.11 Å². The summed E-state index contributed by atoms with van der Waals surface area (Å²) in [6.45, 7) is 2.16. The first kappa shape index (κ1) is 17.9. The summed E-state index contributed by atoms with van der Waals surface area (Å²) in [4.78, 5) is 23.5. The molecule has 6 nitrogen and oxygen atoms in total. The van der Waals surface area contributed by atoms with E-state index in [1.165, 1.54) is 0 Å². The highest BCUT2D eigenvalue weighted by Crippen LogP contribution is 2.33. The van der Waals surface area contributed by atoms with Crippen molar-refractivity contribution >= 4 is 27.8 Å². The number of hydrogen-bond acceptors (Lipinski definition) is 3. The third-order valence-electron chi connectivity index (χ3n) is 5.79. The number of nitrogens with zero attached hydrogens (tertiary/aromatic N) is 3. The number of aromatic amines is 1. The van der Waals surface area contributed by atoms with Gasteiger partial charge in [0.15, 0.2) is 0 Å². The van der Waals surface area contributed by atoms with Crippen LogP contribution in [0.15, 0.2) is 54.7 Å². The molecular weight excluding hydrogens is 364 g/mol. The van der Waals surface area contributed by atoms with Crippen LogP contribution in [0.1, 0.15) is 35.1 Å². The van der Waals surface area contributed by atoms with Crippen LogP contribution in [-0.4, -0.2) is 45.6 Å². The number of likely N-dealkylation sites (tertiary alicyclic amines) is 1. The van der Waals surface area contributed by atoms with Gasteiger partial charge in [-0.15, -0.1) is 0 Å². The molecule has 1 atom stereocenters. The monoisotopic (exact) mass is 388 g/mol. The summed E-state index contributed by atoms with van der Waals surface area (Å²) in [5.74, 6) is 0.941. The highest BCUT2D eigenvalue weighted by Gasteiger charge is 2.32. The molecule has 2 aromatic heterocycles. The minimum absolute atomic E-state index is 0.00845. The first-order valence-corrected chi connectivity index (χ1v) is 10.1. The van der Waals surface area contributed by atoms with Gasteiger partial charge in [0, 0.05) is 37.5 Å². The number of carbonyl (C=O) groups excluding carboxylic acids is 1. The molecule has 148 valence electrons. The zero-order valence-electron chi connectivity index (χ0n) is 16.5. The fourth-order valence-electron chi connectivity index (χ4n) is 4.29. The molecule has 0 unspecified atom stereocenters. The Balaban J connectivity index is 1.45. The number of rotatable bonds is 5. The number of amides is 1. The van der Waals surface area contributed by atoms with Crippen LogP contribution in [0, 0.1) is 0 Å². The molecule has 1 amide bonds. The number of hydrogen-bond donors (Lipinski definition) is 1. The molecule has 4 aromatic rings. The Bertz CT molecular complexity index is 1140. The number of carbonyl (C=O) groups is 1. The number of nitrogens with one attached hydrogen (secondary N) is 1. The van der Waals surface area contributed by atoms with Crippen LogP contribution in [0.3, 0.4) is 0 Å². The number of para-hydroxylation sites is 2. The number of H-pyrrole nitrogens is 1. The normalized spacial score (nSPS) is 16.9. The van der Waals surface area contributed by atoms with Crippen molar-refractivity contribution in [2.75, 3.05) is 20.3 Å². The Hall–Kier alpha value is -3.12. The quantitative estimate of drug-likeness (QED) is 0.559. The van der Waals surface area contributed by atoms with Crippen molar-refractivity contribution in [3.63, 3.8) is 0 Å². The van der Waals surface area contributed by atoms with Gasteiger partial charge in [-0.2, -0.15) is 0 Å². The van der Waals surface area contributed by atoms with Crippen molar-refractivity contribution in [3.8, 4) is 0 Å². The second kappa shape index (κ2) is 7.37. The van der Waals surface area contributed by atoms with E-state index in [4.69, 9.17) is 9.72 Å². The number of fused-ring (bicyclic) bond motifs is 2. The van der Waals surface area contributed by atoms with Crippen molar-refractivity contribution in [2.45, 2.75) is 25.4 Å². The number of ether oxygens (including phenoxy) is 1. The molecule has 2 aromatic carbocycles. The lowest BCUT2D eigenvalue weighted by atomic mass is 10.1. The molecule has 1 fully saturated rings. The first-order chi connectivity index (χ1) is 14.2. The second-order valence-corrected chi connectivity index (χ2v) is 7.57. The Morgan fingerprint density at radius 2 is 2.14 bits per heavy atom. The molecule has 1 N–H and O–H groups in total. The molecule has 3 heterocycles. The van der Waals surface area contributed by atoms with E-state index in [0.29, 0.717) is 6.61 Å². The van der Waals surface area contributed by atoms with Crippen LogP contribution < -0.4 is 0 Å². The molecule has 0 spiro atoms. The minimum atomic E-state index is -0.00845. The molecular formula is C23H24N4O2. The van der Waals surface area contributed by atoms with Crippen LogP contribution in [0.5, 0.6) is 0 Å². The summed E-state index contributed by atoms with van der Waals surface area (Å²) in [7, 11) is 1.70. The highest BCUT2D eigenvalue weighted by molar-refractivity contribution is 5.98. The van der Waals surface area contributed by atoms with Crippen molar-refractivity contribution in [2.24, 2.45) is 0 Å². The summed E-state index contributed by atoms with van der Waals surface area (Å²) < 4.78 is 7.34. The van der Waals surface area contributed by atoms with E-state index in [2.05, 4.69) is 15.6 Å². The van der Waals surface area contributed by atoms with Gasteiger partial charge in [0.1, 0.15) is 5.82 Å². The van der Waals surface area contributed by atoms with E-state index < -0.39 is 0 Å². The van der Waals surface area contributed by atoms with Gasteiger partial charge in [0.05, 0.1) is 23.7 Å². The van der Waals surface area contributed by atoms with Crippen molar-refractivity contribution in [3.05, 3.63) is 66.1 Å². The number of imidazole rings is 1. The molecule has 0 radical (unpaired) electrons. The summed E-state index contributed by atoms with van der Waals surface area (Å²) in [6, 6.07) is 16.0. The molecule has 0 aliphatic carbocycles. The van der Waals surface area contributed by atoms with E-state index in [1.807, 2.05) is 53.6 Å². The zero-order valence-corrected chi connectivity index (χ0v) is 16.5. The van der Waals surface area contributed by atoms with Crippen molar-refractivity contribution in [1.29, 1.82) is 0 Å². The molecule has 29 heavy (non-hydrogen) atoms. The maximum Gasteiger partial charge on any atom is 0.254 e. The summed E-state index contributed by atoms with van der Waals surface area (Å²) in [6.07, 6.45) is 3.96. The average molecular weight is 388 g/mol. The average Bonchev–Trinajstić information content (AvgIpc) is 3.48. The summed E-state index contributed by atoms with van der Waals surface area (Å²) >= 11 is 0. The Kier molecular flexibility index (Phi) is 4.56. The minimum Gasteiger partial charge on any atom is -0.383 e. The zero-order chi connectivity index (χ0) is 19.8. The van der Waals surface area contributed by atoms with Crippen LogP contribution in [-0.2, 0) is 11.3 Å². The van der Waals surface area contributed by atoms with Crippen LogP contribution in [0.25, 0.3) is 21.9 Å². The van der Waals surface area contributed by atoms with Gasteiger partial charge in [0.2, 0.25) is 0 Å². The molecule has 5 rings (SSSR count). The molecule has 6 heteroatoms. The van der Waals surface area contributed by atoms with E-state index >= 15 is 0 Å². The Morgan fingerprint density at radius 3 is 3.00 bits per heavy atom. The number of aromatic nitrogens is 3. The highest BCUT2D eigenvalue weighted by atomic mass is 16.5. The molecule has 1 aliphatic rings. The maximum atomic E-state index is 13.4. The SMILES string of the molecule is COCCn1ccc2ccc(C(=O)N3CCC[C@H]3c3nc4ccccc4[nH]3)cc21. The van der Waals surface area contributed by atoms with E-state index in [0.717, 1.165) is 59.3 Å². The molecule has 0 bridgehead atoms. The predicted octanol–water partition coefficient (Wildman–Crippen LogP) is 4.14. The second-order valence-electron chi connectivity index (χ2n) is 7.57. The number of methoxy groups -OCH3 is 1. The fourth-order valence-corrected chi connectivity index (χ4v) is 4.29. The van der Waals surface area contributed by atoms with E-state index in [9.17, 15) is 4.79 Å². The van der Waals surface area contributed by atoms with Crippen molar-refractivity contribution in [1.82, 2.24) is 19.4 Å². The van der Waals surface area contributed by atoms with Gasteiger partial charge in [-0.3, -0.25) is 4.79 Å². The summed E-state index contributed by atoms with van der Waals surface area (Å²) in [5.41, 5.74) is 3.74. The Morgan fingerprint density at radius 1 is 1.24 bits per heavy atom. The van der Waals surface area contributed by atoms with Gasteiger partial charge >= 0.3 is 0 Å². The van der Waals surface area contributed by atoms with Gasteiger partial charge in [-0.05, 0) is 48.6 Å². The van der Waals surface area contributed by atoms with Crippen molar-refractivity contribution < 1.29 is 9.53 Å². The number of benzene rings is 2. The Labute approximate surface area is 169 Å². The van der Waals surface area contributed by atoms with Gasteiger partial charge in [-0.25, -0.2) is 4.98 Å². The smallest absolute Gasteiger partial charge is 0.254 e. The molecule has 0 saturated carbocycles. The van der Waals surface area contributed by atoms with Gasteiger partial charge < -0.3 is 19.2 Å². The van der Waals surface area contributed by atoms with Crippen LogP contribution >= 0.6 is 0 Å². The molecule has 1 saturated heterocycles. The topological polar surface area (TPSA) is 63.1 Å². The third-order valence-corrected chi connectivity index (χ3v) is 5.79.